The minimum Gasteiger partial charge on any atom is -0.493 e. The number of fused-ring (bicyclic) bond motifs is 1. The van der Waals surface area contributed by atoms with E-state index in [-0.39, 0.29) is 11.4 Å². The van der Waals surface area contributed by atoms with E-state index in [1.165, 1.54) is 4.40 Å². The van der Waals surface area contributed by atoms with Crippen LogP contribution in [0.4, 0.5) is 0 Å². The maximum absolute atomic E-state index is 11.8. The molecule has 0 bridgehead atoms. The number of hydrogen-bond donors (Lipinski definition) is 1. The Labute approximate surface area is 127 Å². The zero-order chi connectivity index (χ0) is 15.4. The molecule has 1 saturated heterocycles. The van der Waals surface area contributed by atoms with Gasteiger partial charge in [0.25, 0.3) is 5.56 Å². The molecular weight excluding hydrogens is 286 g/mol. The molecule has 0 spiro atoms. The molecule has 0 saturated carbocycles. The van der Waals surface area contributed by atoms with Crippen LogP contribution in [0.15, 0.2) is 29.2 Å². The van der Waals surface area contributed by atoms with Crippen molar-refractivity contribution >= 4 is 5.65 Å². The molecule has 0 radical (unpaired) electrons. The van der Waals surface area contributed by atoms with Crippen LogP contribution in [0.5, 0.6) is 11.6 Å². The number of ether oxygens (including phenoxy) is 2. The fourth-order valence-corrected chi connectivity index (χ4v) is 2.50. The van der Waals surface area contributed by atoms with Crippen LogP contribution in [0.3, 0.4) is 0 Å². The van der Waals surface area contributed by atoms with Gasteiger partial charge in [0.2, 0.25) is 5.88 Å². The van der Waals surface area contributed by atoms with Gasteiger partial charge in [-0.3, -0.25) is 14.1 Å². The Morgan fingerprint density at radius 2 is 2.18 bits per heavy atom. The Bertz CT molecular complexity index is 695. The Balaban J connectivity index is 1.62. The average Bonchev–Trinajstić information content (AvgIpc) is 2.53. The van der Waals surface area contributed by atoms with Crippen LogP contribution in [0.1, 0.15) is 6.42 Å². The van der Waals surface area contributed by atoms with E-state index in [9.17, 15) is 9.90 Å². The van der Waals surface area contributed by atoms with Gasteiger partial charge in [0.15, 0.2) is 11.4 Å². The van der Waals surface area contributed by atoms with Gasteiger partial charge in [-0.2, -0.15) is 4.98 Å². The van der Waals surface area contributed by atoms with Crippen molar-refractivity contribution in [2.45, 2.75) is 6.42 Å². The SMILES string of the molecule is O=c1cc(O)nc2c(OCCCN3CCOCC3)cccn12. The number of nitrogens with zero attached hydrogens (tertiary/aromatic N) is 3. The summed E-state index contributed by atoms with van der Waals surface area (Å²) in [5.74, 6) is 0.201. The van der Waals surface area contributed by atoms with Crippen molar-refractivity contribution < 1.29 is 14.6 Å². The molecule has 7 nitrogen and oxygen atoms in total. The van der Waals surface area contributed by atoms with E-state index in [0.29, 0.717) is 18.0 Å². The normalized spacial score (nSPS) is 16.0. The maximum Gasteiger partial charge on any atom is 0.261 e. The average molecular weight is 305 g/mol. The van der Waals surface area contributed by atoms with Crippen molar-refractivity contribution in [3.05, 3.63) is 34.7 Å². The highest BCUT2D eigenvalue weighted by Crippen LogP contribution is 2.18. The van der Waals surface area contributed by atoms with Crippen LogP contribution in [0.2, 0.25) is 0 Å². The van der Waals surface area contributed by atoms with Crippen LogP contribution < -0.4 is 10.3 Å². The maximum atomic E-state index is 11.8. The highest BCUT2D eigenvalue weighted by molar-refractivity contribution is 5.53. The second kappa shape index (κ2) is 6.76. The van der Waals surface area contributed by atoms with E-state index in [0.717, 1.165) is 45.3 Å². The summed E-state index contributed by atoms with van der Waals surface area (Å²) in [5, 5.41) is 9.48. The zero-order valence-corrected chi connectivity index (χ0v) is 12.3. The van der Waals surface area contributed by atoms with E-state index in [1.54, 1.807) is 18.3 Å². The van der Waals surface area contributed by atoms with Gasteiger partial charge in [-0.25, -0.2) is 0 Å². The van der Waals surface area contributed by atoms with Gasteiger partial charge < -0.3 is 14.6 Å². The molecule has 22 heavy (non-hydrogen) atoms. The minimum atomic E-state index is -0.332. The quantitative estimate of drug-likeness (QED) is 0.811. The minimum absolute atomic E-state index is 0.297. The fourth-order valence-electron chi connectivity index (χ4n) is 2.50. The van der Waals surface area contributed by atoms with Crippen molar-refractivity contribution in [3.63, 3.8) is 0 Å². The van der Waals surface area contributed by atoms with Crippen LogP contribution in [-0.2, 0) is 4.74 Å². The second-order valence-electron chi connectivity index (χ2n) is 5.17. The summed E-state index contributed by atoms with van der Waals surface area (Å²) in [6.45, 7) is 4.97. The van der Waals surface area contributed by atoms with Gasteiger partial charge in [0.1, 0.15) is 0 Å². The monoisotopic (exact) mass is 305 g/mol. The lowest BCUT2D eigenvalue weighted by Crippen LogP contribution is -2.37. The largest absolute Gasteiger partial charge is 0.493 e. The lowest BCUT2D eigenvalue weighted by atomic mass is 10.3. The van der Waals surface area contributed by atoms with E-state index >= 15 is 0 Å². The van der Waals surface area contributed by atoms with Gasteiger partial charge in [-0.15, -0.1) is 0 Å². The Morgan fingerprint density at radius 3 is 3.00 bits per heavy atom. The van der Waals surface area contributed by atoms with E-state index in [4.69, 9.17) is 9.47 Å². The second-order valence-corrected chi connectivity index (χ2v) is 5.17. The Morgan fingerprint density at radius 1 is 1.36 bits per heavy atom. The third-order valence-electron chi connectivity index (χ3n) is 3.62. The summed E-state index contributed by atoms with van der Waals surface area (Å²) in [6.07, 6.45) is 2.48. The first-order chi connectivity index (χ1) is 10.7. The number of morpholine rings is 1. The number of aromatic nitrogens is 2. The molecule has 0 unspecified atom stereocenters. The van der Waals surface area contributed by atoms with Crippen LogP contribution >= 0.6 is 0 Å². The fraction of sp³-hybridized carbons (Fsp3) is 0.467. The van der Waals surface area contributed by atoms with E-state index in [2.05, 4.69) is 9.88 Å². The van der Waals surface area contributed by atoms with Crippen molar-refractivity contribution in [2.75, 3.05) is 39.5 Å². The van der Waals surface area contributed by atoms with Crippen molar-refractivity contribution in [3.8, 4) is 11.6 Å². The predicted molar refractivity (Wildman–Crippen MR) is 80.5 cm³/mol. The third-order valence-corrected chi connectivity index (χ3v) is 3.62. The number of hydrogen-bond acceptors (Lipinski definition) is 6. The highest BCUT2D eigenvalue weighted by Gasteiger charge is 2.10. The molecule has 1 aliphatic rings. The van der Waals surface area contributed by atoms with Gasteiger partial charge in [-0.1, -0.05) is 0 Å². The van der Waals surface area contributed by atoms with Gasteiger partial charge in [0.05, 0.1) is 25.9 Å². The van der Waals surface area contributed by atoms with Crippen LogP contribution in [0, 0.1) is 0 Å². The molecule has 7 heteroatoms. The number of rotatable bonds is 5. The zero-order valence-electron chi connectivity index (χ0n) is 12.3. The van der Waals surface area contributed by atoms with Gasteiger partial charge in [-0.05, 0) is 18.6 Å². The standard InChI is InChI=1S/C15H19N3O4/c19-13-11-14(20)18-5-1-3-12(15(18)16-13)22-8-2-4-17-6-9-21-10-7-17/h1,3,5,11,19H,2,4,6-10H2. The smallest absolute Gasteiger partial charge is 0.261 e. The molecule has 1 aliphatic heterocycles. The molecule has 1 fully saturated rings. The first kappa shape index (κ1) is 14.8. The summed E-state index contributed by atoms with van der Waals surface area (Å²) >= 11 is 0. The summed E-state index contributed by atoms with van der Waals surface area (Å²) in [6, 6.07) is 4.55. The molecule has 3 heterocycles. The van der Waals surface area contributed by atoms with Crippen molar-refractivity contribution in [1.29, 1.82) is 0 Å². The summed E-state index contributed by atoms with van der Waals surface area (Å²) in [5.41, 5.74) is 0.000129. The predicted octanol–water partition coefficient (Wildman–Crippen LogP) is 0.501. The Hall–Kier alpha value is -2.12. The molecule has 0 aliphatic carbocycles. The molecule has 2 aromatic rings. The lowest BCUT2D eigenvalue weighted by Gasteiger charge is -2.26. The molecule has 118 valence electrons. The number of pyridine rings is 1. The molecule has 0 atom stereocenters. The first-order valence-electron chi connectivity index (χ1n) is 7.38. The lowest BCUT2D eigenvalue weighted by molar-refractivity contribution is 0.0358. The van der Waals surface area contributed by atoms with E-state index in [1.807, 2.05) is 0 Å². The van der Waals surface area contributed by atoms with Crippen molar-refractivity contribution in [1.82, 2.24) is 14.3 Å². The van der Waals surface area contributed by atoms with Gasteiger partial charge in [0, 0.05) is 25.8 Å². The Kier molecular flexibility index (Phi) is 4.55. The van der Waals surface area contributed by atoms with Gasteiger partial charge >= 0.3 is 0 Å². The van der Waals surface area contributed by atoms with Crippen LogP contribution in [0.25, 0.3) is 5.65 Å². The highest BCUT2D eigenvalue weighted by atomic mass is 16.5. The van der Waals surface area contributed by atoms with Crippen LogP contribution in [-0.4, -0.2) is 58.8 Å². The number of aromatic hydroxyl groups is 1. The summed E-state index contributed by atoms with van der Waals surface area (Å²) in [4.78, 5) is 18.1. The summed E-state index contributed by atoms with van der Waals surface area (Å²) < 4.78 is 12.4. The topological polar surface area (TPSA) is 76.3 Å². The molecular formula is C15H19N3O4. The first-order valence-corrected chi connectivity index (χ1v) is 7.38. The third kappa shape index (κ3) is 3.37. The molecule has 3 rings (SSSR count). The van der Waals surface area contributed by atoms with E-state index < -0.39 is 0 Å². The molecule has 0 aromatic carbocycles. The molecule has 0 amide bonds. The molecule has 1 N–H and O–H groups in total. The van der Waals surface area contributed by atoms with Crippen molar-refractivity contribution in [2.24, 2.45) is 0 Å². The summed E-state index contributed by atoms with van der Waals surface area (Å²) in [7, 11) is 0. The molecule has 2 aromatic heterocycles.